The molecule has 22 heavy (non-hydrogen) atoms. The van der Waals surface area contributed by atoms with Crippen LogP contribution in [0.2, 0.25) is 0 Å². The van der Waals surface area contributed by atoms with Gasteiger partial charge in [0, 0.05) is 30.6 Å². The molecule has 0 radical (unpaired) electrons. The first-order chi connectivity index (χ1) is 10.4. The summed E-state index contributed by atoms with van der Waals surface area (Å²) >= 11 is 0. The summed E-state index contributed by atoms with van der Waals surface area (Å²) in [6.45, 7) is 0.189. The third kappa shape index (κ3) is 5.75. The van der Waals surface area contributed by atoms with Gasteiger partial charge in [-0.2, -0.15) is 0 Å². The molecule has 0 spiro atoms. The van der Waals surface area contributed by atoms with Gasteiger partial charge in [0.2, 0.25) is 5.91 Å². The number of hydrogen-bond acceptors (Lipinski definition) is 4. The van der Waals surface area contributed by atoms with Gasteiger partial charge in [0.05, 0.1) is 5.75 Å². The minimum absolute atomic E-state index is 0.00881. The molecule has 1 heterocycles. The first-order valence-corrected chi connectivity index (χ1v) is 9.92. The van der Waals surface area contributed by atoms with Gasteiger partial charge >= 0.3 is 0 Å². The second-order valence-corrected chi connectivity index (χ2v) is 8.21. The van der Waals surface area contributed by atoms with E-state index in [1.54, 1.807) is 0 Å². The fourth-order valence-corrected chi connectivity index (χ4v) is 3.13. The number of pyridine rings is 1. The lowest BCUT2D eigenvalue weighted by Gasteiger charge is -2.15. The Bertz CT molecular complexity index is 626. The fourth-order valence-electron chi connectivity index (χ4n) is 2.66. The van der Waals surface area contributed by atoms with Crippen LogP contribution in [0.4, 0.5) is 0 Å². The Morgan fingerprint density at radius 3 is 2.82 bits per heavy atom. The summed E-state index contributed by atoms with van der Waals surface area (Å²) in [6.07, 6.45) is 7.75. The number of hydrogen-bond donors (Lipinski definition) is 1. The van der Waals surface area contributed by atoms with E-state index in [9.17, 15) is 13.2 Å². The first-order valence-electron chi connectivity index (χ1n) is 7.86. The van der Waals surface area contributed by atoms with Crippen LogP contribution in [0.1, 0.15) is 42.6 Å². The Kier molecular flexibility index (Phi) is 5.94. The van der Waals surface area contributed by atoms with Gasteiger partial charge < -0.3 is 5.32 Å². The number of rotatable bonds is 7. The van der Waals surface area contributed by atoms with E-state index in [0.717, 1.165) is 31.4 Å². The Morgan fingerprint density at radius 1 is 1.27 bits per heavy atom. The van der Waals surface area contributed by atoms with Crippen LogP contribution in [-0.2, 0) is 33.9 Å². The van der Waals surface area contributed by atoms with Crippen LogP contribution in [0.5, 0.6) is 0 Å². The molecule has 1 aliphatic rings. The third-order valence-electron chi connectivity index (χ3n) is 3.87. The molecule has 122 valence electrons. The Hall–Kier alpha value is -1.43. The number of carbonyl (C=O) groups is 1. The molecule has 0 saturated carbocycles. The number of aromatic nitrogens is 1. The molecule has 1 N–H and O–H groups in total. The maximum Gasteiger partial charge on any atom is 0.220 e. The van der Waals surface area contributed by atoms with E-state index in [4.69, 9.17) is 4.98 Å². The van der Waals surface area contributed by atoms with Crippen LogP contribution in [-0.4, -0.2) is 37.9 Å². The standard InChI is InChI=1S/C16H24N2O3S/c1-22(20,21)12-11-17-16(19)8-4-6-14-10-9-13-5-2-3-7-15(13)18-14/h9-10H,2-8,11-12H2,1H3,(H,17,19). The molecular formula is C16H24N2O3S. The molecule has 1 amide bonds. The highest BCUT2D eigenvalue weighted by Crippen LogP contribution is 2.20. The Balaban J connectivity index is 1.71. The molecule has 0 unspecified atom stereocenters. The van der Waals surface area contributed by atoms with Gasteiger partial charge in [-0.05, 0) is 50.2 Å². The van der Waals surface area contributed by atoms with E-state index in [1.807, 2.05) is 0 Å². The average Bonchev–Trinajstić information content (AvgIpc) is 2.46. The van der Waals surface area contributed by atoms with Gasteiger partial charge in [-0.1, -0.05) is 6.07 Å². The molecule has 0 aliphatic heterocycles. The number of nitrogens with one attached hydrogen (secondary N) is 1. The highest BCUT2D eigenvalue weighted by atomic mass is 32.2. The third-order valence-corrected chi connectivity index (χ3v) is 4.81. The maximum atomic E-state index is 11.6. The van der Waals surface area contributed by atoms with Gasteiger partial charge in [0.1, 0.15) is 9.84 Å². The van der Waals surface area contributed by atoms with E-state index >= 15 is 0 Å². The average molecular weight is 324 g/mol. The molecule has 0 bridgehead atoms. The van der Waals surface area contributed by atoms with E-state index < -0.39 is 9.84 Å². The molecule has 5 nitrogen and oxygen atoms in total. The highest BCUT2D eigenvalue weighted by molar-refractivity contribution is 7.90. The lowest BCUT2D eigenvalue weighted by molar-refractivity contribution is -0.121. The number of aryl methyl sites for hydroxylation is 3. The molecule has 1 aliphatic carbocycles. The van der Waals surface area contributed by atoms with Crippen molar-refractivity contribution in [2.75, 3.05) is 18.6 Å². The Morgan fingerprint density at radius 2 is 2.05 bits per heavy atom. The Labute approximate surface area is 132 Å². The molecule has 0 aromatic carbocycles. The smallest absolute Gasteiger partial charge is 0.220 e. The van der Waals surface area contributed by atoms with Gasteiger partial charge in [-0.3, -0.25) is 9.78 Å². The van der Waals surface area contributed by atoms with Crippen LogP contribution in [0, 0.1) is 0 Å². The van der Waals surface area contributed by atoms with Crippen LogP contribution in [0.15, 0.2) is 12.1 Å². The minimum Gasteiger partial charge on any atom is -0.355 e. The molecule has 0 fully saturated rings. The van der Waals surface area contributed by atoms with Crippen molar-refractivity contribution in [3.05, 3.63) is 29.1 Å². The molecule has 0 atom stereocenters. The summed E-state index contributed by atoms with van der Waals surface area (Å²) in [6, 6.07) is 4.23. The number of amides is 1. The van der Waals surface area contributed by atoms with E-state index in [-0.39, 0.29) is 18.2 Å². The summed E-state index contributed by atoms with van der Waals surface area (Å²) in [5, 5.41) is 2.64. The second-order valence-electron chi connectivity index (χ2n) is 5.95. The molecule has 0 saturated heterocycles. The molecule has 1 aromatic heterocycles. The van der Waals surface area contributed by atoms with Crippen LogP contribution in [0.25, 0.3) is 0 Å². The van der Waals surface area contributed by atoms with Crippen LogP contribution in [0.3, 0.4) is 0 Å². The van der Waals surface area contributed by atoms with Gasteiger partial charge in [-0.25, -0.2) is 8.42 Å². The van der Waals surface area contributed by atoms with E-state index in [0.29, 0.717) is 6.42 Å². The predicted octanol–water partition coefficient (Wildman–Crippen LogP) is 1.44. The van der Waals surface area contributed by atoms with Crippen LogP contribution >= 0.6 is 0 Å². The summed E-state index contributed by atoms with van der Waals surface area (Å²) in [4.78, 5) is 16.3. The molecule has 2 rings (SSSR count). The minimum atomic E-state index is -3.02. The number of sulfone groups is 1. The van der Waals surface area contributed by atoms with Gasteiger partial charge in [0.25, 0.3) is 0 Å². The fraction of sp³-hybridized carbons (Fsp3) is 0.625. The predicted molar refractivity (Wildman–Crippen MR) is 86.5 cm³/mol. The largest absolute Gasteiger partial charge is 0.355 e. The summed E-state index contributed by atoms with van der Waals surface area (Å²) < 4.78 is 21.9. The number of carbonyl (C=O) groups excluding carboxylic acids is 1. The SMILES string of the molecule is CS(=O)(=O)CCNC(=O)CCCc1ccc2c(n1)CCCC2. The zero-order chi connectivity index (χ0) is 16.0. The van der Waals surface area contributed by atoms with Crippen molar-refractivity contribution in [3.8, 4) is 0 Å². The van der Waals surface area contributed by atoms with Crippen molar-refractivity contribution >= 4 is 15.7 Å². The number of fused-ring (bicyclic) bond motifs is 1. The van der Waals surface area contributed by atoms with Crippen LogP contribution < -0.4 is 5.32 Å². The zero-order valence-electron chi connectivity index (χ0n) is 13.1. The summed E-state index contributed by atoms with van der Waals surface area (Å²) in [5.74, 6) is -0.105. The van der Waals surface area contributed by atoms with Crippen molar-refractivity contribution in [1.82, 2.24) is 10.3 Å². The number of nitrogens with zero attached hydrogens (tertiary/aromatic N) is 1. The lowest BCUT2D eigenvalue weighted by atomic mass is 9.95. The van der Waals surface area contributed by atoms with Gasteiger partial charge in [0.15, 0.2) is 0 Å². The van der Waals surface area contributed by atoms with E-state index in [1.165, 1.54) is 30.4 Å². The molecular weight excluding hydrogens is 300 g/mol. The quantitative estimate of drug-likeness (QED) is 0.823. The van der Waals surface area contributed by atoms with Crippen molar-refractivity contribution in [2.45, 2.75) is 44.9 Å². The second kappa shape index (κ2) is 7.72. The van der Waals surface area contributed by atoms with Gasteiger partial charge in [-0.15, -0.1) is 0 Å². The lowest BCUT2D eigenvalue weighted by Crippen LogP contribution is -2.28. The topological polar surface area (TPSA) is 76.1 Å². The maximum absolute atomic E-state index is 11.6. The van der Waals surface area contributed by atoms with Crippen molar-refractivity contribution in [3.63, 3.8) is 0 Å². The molecule has 1 aromatic rings. The van der Waals surface area contributed by atoms with Crippen molar-refractivity contribution in [2.24, 2.45) is 0 Å². The van der Waals surface area contributed by atoms with Crippen molar-refractivity contribution in [1.29, 1.82) is 0 Å². The normalized spacial score (nSPS) is 14.4. The zero-order valence-corrected chi connectivity index (χ0v) is 13.9. The monoisotopic (exact) mass is 324 g/mol. The highest BCUT2D eigenvalue weighted by Gasteiger charge is 2.11. The molecule has 6 heteroatoms. The summed E-state index contributed by atoms with van der Waals surface area (Å²) in [5.41, 5.74) is 3.64. The van der Waals surface area contributed by atoms with E-state index in [2.05, 4.69) is 17.4 Å². The van der Waals surface area contributed by atoms with Crippen molar-refractivity contribution < 1.29 is 13.2 Å². The first kappa shape index (κ1) is 16.9. The summed E-state index contributed by atoms with van der Waals surface area (Å²) in [7, 11) is -3.02.